The molecule has 70 valence electrons. The van der Waals surface area contributed by atoms with Gasteiger partial charge in [-0.1, -0.05) is 0 Å². The van der Waals surface area contributed by atoms with Crippen LogP contribution in [-0.4, -0.2) is 51.4 Å². The molecule has 0 N–H and O–H groups in total. The molecular formula is C6H7FeKN6. The van der Waals surface area contributed by atoms with Crippen molar-refractivity contribution in [3.63, 3.8) is 0 Å². The summed E-state index contributed by atoms with van der Waals surface area (Å²) in [7, 11) is 0. The second-order valence-corrected chi connectivity index (χ2v) is 0. The van der Waals surface area contributed by atoms with Gasteiger partial charge >= 0.3 is 51.4 Å². The molecule has 6 nitrogen and oxygen atoms in total. The van der Waals surface area contributed by atoms with Gasteiger partial charge in [0, 0.05) is 56.5 Å². The van der Waals surface area contributed by atoms with E-state index in [0.717, 1.165) is 0 Å². The molecule has 0 rings (SSSR count). The summed E-state index contributed by atoms with van der Waals surface area (Å²) in [5.74, 6) is 0. The van der Waals surface area contributed by atoms with E-state index in [0.29, 0.717) is 0 Å². The van der Waals surface area contributed by atoms with Crippen molar-refractivity contribution in [2.75, 3.05) is 0 Å². The van der Waals surface area contributed by atoms with Gasteiger partial charge in [-0.05, 0) is 0 Å². The average Bonchev–Trinajstić information content (AvgIpc) is 2.33. The quantitative estimate of drug-likeness (QED) is 0.567. The topological polar surface area (TPSA) is 143 Å². The Morgan fingerprint density at radius 2 is 0.357 bits per heavy atom. The average molecular weight is 258 g/mol. The summed E-state index contributed by atoms with van der Waals surface area (Å²) in [5.41, 5.74) is 0. The molecule has 0 aromatic carbocycles. The Morgan fingerprint density at radius 3 is 0.357 bits per heavy atom. The zero-order chi connectivity index (χ0) is 12.0. The molecule has 8 heteroatoms. The fraction of sp³-hybridized carbons (Fsp3) is 0. The molecule has 0 heterocycles. The van der Waals surface area contributed by atoms with Crippen LogP contribution in [0.2, 0.25) is 0 Å². The molecule has 0 aliphatic rings. The number of rotatable bonds is 0. The fourth-order valence-electron chi connectivity index (χ4n) is 0. The molecule has 0 atom stereocenters. The van der Waals surface area contributed by atoms with E-state index in [2.05, 4.69) is 39.4 Å². The Morgan fingerprint density at radius 1 is 0.357 bits per heavy atom. The van der Waals surface area contributed by atoms with Crippen LogP contribution >= 0.6 is 0 Å². The maximum atomic E-state index is 6.50. The third-order valence-corrected chi connectivity index (χ3v) is 0. The molecule has 0 fully saturated rings. The third-order valence-electron chi connectivity index (χ3n) is 0. The van der Waals surface area contributed by atoms with E-state index in [1.165, 1.54) is 0 Å². The van der Waals surface area contributed by atoms with Crippen molar-refractivity contribution in [3.8, 4) is 39.4 Å². The Bertz CT molecular complexity index is 97.3. The third kappa shape index (κ3) is 1380. The van der Waals surface area contributed by atoms with Crippen LogP contribution < -0.4 is 0 Å². The maximum absolute atomic E-state index is 6.50. The van der Waals surface area contributed by atoms with E-state index in [9.17, 15) is 0 Å². The van der Waals surface area contributed by atoms with Crippen LogP contribution in [0.3, 0.4) is 0 Å². The van der Waals surface area contributed by atoms with Gasteiger partial charge in [0.1, 0.15) is 0 Å². The molecule has 0 saturated carbocycles. The minimum absolute atomic E-state index is 0. The number of hydrogen-bond acceptors (Lipinski definition) is 6. The summed E-state index contributed by atoms with van der Waals surface area (Å²) in [6.45, 7) is 21.0. The first kappa shape index (κ1) is 73.8. The van der Waals surface area contributed by atoms with Crippen molar-refractivity contribution in [3.05, 3.63) is 0 Å². The van der Waals surface area contributed by atoms with Crippen molar-refractivity contribution in [1.29, 1.82) is 31.6 Å². The monoisotopic (exact) mass is 258 g/mol. The van der Waals surface area contributed by atoms with Crippen LogP contribution in [0.1, 0.15) is 0 Å². The first-order valence-corrected chi connectivity index (χ1v) is 1.55. The summed E-state index contributed by atoms with van der Waals surface area (Å²) >= 11 is 0. The normalized spacial score (nSPS) is 0.857. The van der Waals surface area contributed by atoms with E-state index < -0.39 is 0 Å². The Labute approximate surface area is 137 Å². The minimum atomic E-state index is 0. The van der Waals surface area contributed by atoms with Crippen LogP contribution in [-0.2, 0) is 17.1 Å². The second kappa shape index (κ2) is 1820. The molecule has 0 radical (unpaired) electrons. The molecule has 0 unspecified atom stereocenters. The van der Waals surface area contributed by atoms with Gasteiger partial charge in [0.2, 0.25) is 0 Å². The van der Waals surface area contributed by atoms with E-state index in [1.54, 1.807) is 0 Å². The Hall–Kier alpha value is -0.904. The van der Waals surface area contributed by atoms with Crippen molar-refractivity contribution < 1.29 is 17.1 Å². The van der Waals surface area contributed by atoms with Gasteiger partial charge in [0.25, 0.3) is 0 Å². The van der Waals surface area contributed by atoms with E-state index >= 15 is 0 Å². The molecule has 0 saturated heterocycles. The standard InChI is InChI=1S/6CHN.Fe.K.H/c6*1-2;;;/h6*1H;;;. The predicted octanol–water partition coefficient (Wildman–Crippen LogP) is 0.188. The molecule has 14 heavy (non-hydrogen) atoms. The fourth-order valence-corrected chi connectivity index (χ4v) is 0. The van der Waals surface area contributed by atoms with Crippen LogP contribution in [0.4, 0.5) is 0 Å². The SMILES string of the molecule is C#N.C#N.C#N.C#N.C#N.C#N.[Fe].[KH]. The van der Waals surface area contributed by atoms with Crippen LogP contribution in [0, 0.1) is 71.0 Å². The second-order valence-electron chi connectivity index (χ2n) is 0. The van der Waals surface area contributed by atoms with Gasteiger partial charge < -0.3 is 0 Å². The number of nitrogens with zero attached hydrogens (tertiary/aromatic N) is 6. The molecule has 0 aromatic heterocycles. The Kier molecular flexibility index (Phi) is 9600. The molecule has 0 bridgehead atoms. The molecular weight excluding hydrogens is 251 g/mol. The zero-order valence-electron chi connectivity index (χ0n) is 6.50. The van der Waals surface area contributed by atoms with E-state index in [1.807, 2.05) is 0 Å². The van der Waals surface area contributed by atoms with Crippen LogP contribution in [0.5, 0.6) is 0 Å². The summed E-state index contributed by atoms with van der Waals surface area (Å²) in [6, 6.07) is 0. The summed E-state index contributed by atoms with van der Waals surface area (Å²) < 4.78 is 0. The number of hydrogen-bond donors (Lipinski definition) is 0. The van der Waals surface area contributed by atoms with Crippen molar-refractivity contribution in [2.45, 2.75) is 0 Å². The summed E-state index contributed by atoms with van der Waals surface area (Å²) in [5, 5.41) is 39.0. The van der Waals surface area contributed by atoms with Crippen LogP contribution in [0.25, 0.3) is 0 Å². The molecule has 0 spiro atoms. The number of nitriles is 6. The van der Waals surface area contributed by atoms with Crippen molar-refractivity contribution >= 4 is 51.4 Å². The van der Waals surface area contributed by atoms with E-state index in [-0.39, 0.29) is 68.5 Å². The summed E-state index contributed by atoms with van der Waals surface area (Å²) in [4.78, 5) is 0. The molecule has 0 aliphatic heterocycles. The predicted molar refractivity (Wildman–Crippen MR) is 47.2 cm³/mol. The van der Waals surface area contributed by atoms with Gasteiger partial charge in [-0.2, -0.15) is 0 Å². The Balaban J connectivity index is -0.00000000500. The van der Waals surface area contributed by atoms with Crippen molar-refractivity contribution in [1.82, 2.24) is 0 Å². The molecule has 0 aromatic rings. The van der Waals surface area contributed by atoms with Gasteiger partial charge in [0.15, 0.2) is 0 Å². The zero-order valence-corrected chi connectivity index (χ0v) is 7.61. The van der Waals surface area contributed by atoms with E-state index in [4.69, 9.17) is 31.6 Å². The molecule has 0 amide bonds. The van der Waals surface area contributed by atoms with Crippen LogP contribution in [0.15, 0.2) is 0 Å². The van der Waals surface area contributed by atoms with Gasteiger partial charge in [0.05, 0.1) is 0 Å². The van der Waals surface area contributed by atoms with Crippen molar-refractivity contribution in [2.24, 2.45) is 0 Å². The van der Waals surface area contributed by atoms with Gasteiger partial charge in [-0.15, -0.1) is 0 Å². The molecule has 0 aliphatic carbocycles. The summed E-state index contributed by atoms with van der Waals surface area (Å²) in [6.07, 6.45) is 0. The first-order chi connectivity index (χ1) is 6.00. The van der Waals surface area contributed by atoms with Gasteiger partial charge in [-0.25, -0.2) is 31.6 Å². The first-order valence-electron chi connectivity index (χ1n) is 1.55. The van der Waals surface area contributed by atoms with Gasteiger partial charge in [-0.3, -0.25) is 0 Å².